The predicted molar refractivity (Wildman–Crippen MR) is 85.1 cm³/mol. The normalized spacial score (nSPS) is 15.9. The minimum absolute atomic E-state index is 0.252. The first kappa shape index (κ1) is 17.3. The van der Waals surface area contributed by atoms with Gasteiger partial charge >= 0.3 is 18.0 Å². The van der Waals surface area contributed by atoms with E-state index < -0.39 is 23.8 Å². The SMILES string of the molecule is CCOC(=O)Nc1cccc(NC=C2C(=O)OC(C)(C)OC2=O)c1. The third-order valence-electron chi connectivity index (χ3n) is 2.88. The first-order valence-corrected chi connectivity index (χ1v) is 7.28. The van der Waals surface area contributed by atoms with Crippen molar-refractivity contribution in [3.8, 4) is 0 Å². The molecule has 1 aliphatic heterocycles. The standard InChI is InChI=1S/C16H18N2O6/c1-4-22-15(21)18-11-7-5-6-10(8-11)17-9-12-13(19)23-16(2,3)24-14(12)20/h5-9,17H,4H2,1-3H3,(H,18,21). The summed E-state index contributed by atoms with van der Waals surface area (Å²) in [5, 5.41) is 5.34. The van der Waals surface area contributed by atoms with Gasteiger partial charge in [0.2, 0.25) is 0 Å². The van der Waals surface area contributed by atoms with Gasteiger partial charge in [0, 0.05) is 31.4 Å². The van der Waals surface area contributed by atoms with E-state index in [4.69, 9.17) is 14.2 Å². The Bertz CT molecular complexity index is 674. The number of amides is 1. The van der Waals surface area contributed by atoms with Crippen molar-refractivity contribution in [2.75, 3.05) is 17.2 Å². The number of nitrogens with one attached hydrogen (secondary N) is 2. The van der Waals surface area contributed by atoms with Gasteiger partial charge in [-0.3, -0.25) is 5.32 Å². The highest BCUT2D eigenvalue weighted by molar-refractivity contribution is 6.15. The summed E-state index contributed by atoms with van der Waals surface area (Å²) in [4.78, 5) is 35.0. The lowest BCUT2D eigenvalue weighted by Crippen LogP contribution is -2.42. The highest BCUT2D eigenvalue weighted by atomic mass is 16.7. The molecule has 24 heavy (non-hydrogen) atoms. The molecule has 8 heteroatoms. The van der Waals surface area contributed by atoms with Gasteiger partial charge in [-0.05, 0) is 25.1 Å². The molecule has 0 unspecified atom stereocenters. The number of cyclic esters (lactones) is 2. The Morgan fingerprint density at radius 1 is 1.21 bits per heavy atom. The van der Waals surface area contributed by atoms with E-state index in [9.17, 15) is 14.4 Å². The first-order chi connectivity index (χ1) is 11.3. The maximum absolute atomic E-state index is 11.8. The molecule has 0 atom stereocenters. The van der Waals surface area contributed by atoms with Gasteiger partial charge in [-0.2, -0.15) is 0 Å². The summed E-state index contributed by atoms with van der Waals surface area (Å²) in [5.41, 5.74) is 0.784. The third-order valence-corrected chi connectivity index (χ3v) is 2.88. The Morgan fingerprint density at radius 2 is 1.83 bits per heavy atom. The summed E-state index contributed by atoms with van der Waals surface area (Å²) in [5.74, 6) is -2.83. The summed E-state index contributed by atoms with van der Waals surface area (Å²) in [6.45, 7) is 4.90. The van der Waals surface area contributed by atoms with E-state index in [0.29, 0.717) is 11.4 Å². The molecule has 1 fully saturated rings. The van der Waals surface area contributed by atoms with E-state index in [2.05, 4.69) is 10.6 Å². The van der Waals surface area contributed by atoms with Crippen molar-refractivity contribution in [2.45, 2.75) is 26.6 Å². The van der Waals surface area contributed by atoms with Gasteiger partial charge in [0.1, 0.15) is 0 Å². The van der Waals surface area contributed by atoms with E-state index in [1.165, 1.54) is 20.0 Å². The van der Waals surface area contributed by atoms with Crippen molar-refractivity contribution < 1.29 is 28.6 Å². The van der Waals surface area contributed by atoms with Crippen molar-refractivity contribution in [1.29, 1.82) is 0 Å². The van der Waals surface area contributed by atoms with Crippen LogP contribution in [0.1, 0.15) is 20.8 Å². The van der Waals surface area contributed by atoms with Crippen LogP contribution in [0.2, 0.25) is 0 Å². The van der Waals surface area contributed by atoms with Gasteiger partial charge in [-0.15, -0.1) is 0 Å². The maximum atomic E-state index is 11.8. The molecule has 1 aliphatic rings. The zero-order valence-electron chi connectivity index (χ0n) is 13.5. The Kier molecular flexibility index (Phi) is 5.08. The molecule has 0 spiro atoms. The summed E-state index contributed by atoms with van der Waals surface area (Å²) in [7, 11) is 0. The van der Waals surface area contributed by atoms with Crippen molar-refractivity contribution >= 4 is 29.4 Å². The van der Waals surface area contributed by atoms with Crippen molar-refractivity contribution in [2.24, 2.45) is 0 Å². The molecule has 2 N–H and O–H groups in total. The molecular weight excluding hydrogens is 316 g/mol. The molecule has 0 saturated carbocycles. The fourth-order valence-corrected chi connectivity index (χ4v) is 1.91. The summed E-state index contributed by atoms with van der Waals surface area (Å²) in [6.07, 6.45) is 0.623. The molecule has 1 aromatic carbocycles. The minimum Gasteiger partial charge on any atom is -0.450 e. The molecule has 1 saturated heterocycles. The third kappa shape index (κ3) is 4.48. The molecule has 0 bridgehead atoms. The van der Waals surface area contributed by atoms with Crippen LogP contribution >= 0.6 is 0 Å². The largest absolute Gasteiger partial charge is 0.450 e. The lowest BCUT2D eigenvalue weighted by Gasteiger charge is -2.29. The fraction of sp³-hybridized carbons (Fsp3) is 0.312. The number of hydrogen-bond acceptors (Lipinski definition) is 7. The van der Waals surface area contributed by atoms with Crippen LogP contribution < -0.4 is 10.6 Å². The number of carbonyl (C=O) groups is 3. The molecule has 1 amide bonds. The highest BCUT2D eigenvalue weighted by Gasteiger charge is 2.38. The van der Waals surface area contributed by atoms with Crippen molar-refractivity contribution in [1.82, 2.24) is 0 Å². The van der Waals surface area contributed by atoms with Gasteiger partial charge in [0.15, 0.2) is 5.57 Å². The molecule has 1 heterocycles. The molecule has 8 nitrogen and oxygen atoms in total. The Morgan fingerprint density at radius 3 is 2.46 bits per heavy atom. The summed E-state index contributed by atoms with van der Waals surface area (Å²) in [6, 6.07) is 6.65. The number of rotatable bonds is 4. The highest BCUT2D eigenvalue weighted by Crippen LogP contribution is 2.23. The lowest BCUT2D eigenvalue weighted by atomic mass is 10.2. The lowest BCUT2D eigenvalue weighted by molar-refractivity contribution is -0.222. The Hall–Kier alpha value is -3.03. The molecule has 0 aromatic heterocycles. The number of esters is 2. The van der Waals surface area contributed by atoms with E-state index >= 15 is 0 Å². The summed E-state index contributed by atoms with van der Waals surface area (Å²) < 4.78 is 14.8. The molecule has 0 radical (unpaired) electrons. The van der Waals surface area contributed by atoms with Crippen LogP contribution in [0.5, 0.6) is 0 Å². The Labute approximate surface area is 138 Å². The van der Waals surface area contributed by atoms with Crippen molar-refractivity contribution in [3.05, 3.63) is 36.0 Å². The zero-order valence-corrected chi connectivity index (χ0v) is 13.5. The molecule has 128 valence electrons. The van der Waals surface area contributed by atoms with Gasteiger partial charge in [0.05, 0.1) is 6.61 Å². The van der Waals surface area contributed by atoms with Crippen LogP contribution in [0.15, 0.2) is 36.0 Å². The second-order valence-corrected chi connectivity index (χ2v) is 5.31. The molecule has 1 aromatic rings. The van der Waals surface area contributed by atoms with Gasteiger partial charge in [-0.1, -0.05) is 6.07 Å². The second kappa shape index (κ2) is 7.03. The number of benzene rings is 1. The smallest absolute Gasteiger partial charge is 0.411 e. The maximum Gasteiger partial charge on any atom is 0.411 e. The Balaban J connectivity index is 2.07. The zero-order chi connectivity index (χ0) is 17.7. The monoisotopic (exact) mass is 334 g/mol. The van der Waals surface area contributed by atoms with Crippen molar-refractivity contribution in [3.63, 3.8) is 0 Å². The van der Waals surface area contributed by atoms with Crippen LogP contribution in [0.4, 0.5) is 16.2 Å². The van der Waals surface area contributed by atoms with Crippen LogP contribution in [0.25, 0.3) is 0 Å². The van der Waals surface area contributed by atoms with Crippen LogP contribution in [0, 0.1) is 0 Å². The average molecular weight is 334 g/mol. The van der Waals surface area contributed by atoms with E-state index in [0.717, 1.165) is 0 Å². The van der Waals surface area contributed by atoms with Crippen LogP contribution in [-0.4, -0.2) is 30.4 Å². The van der Waals surface area contributed by atoms with E-state index in [1.807, 2.05) is 0 Å². The number of carbonyl (C=O) groups excluding carboxylic acids is 3. The molecule has 2 rings (SSSR count). The average Bonchev–Trinajstić information content (AvgIpc) is 2.45. The quantitative estimate of drug-likeness (QED) is 0.495. The topological polar surface area (TPSA) is 103 Å². The summed E-state index contributed by atoms with van der Waals surface area (Å²) >= 11 is 0. The first-order valence-electron chi connectivity index (χ1n) is 7.28. The number of ether oxygens (including phenoxy) is 3. The fourth-order valence-electron chi connectivity index (χ4n) is 1.91. The van der Waals surface area contributed by atoms with E-state index in [-0.39, 0.29) is 12.2 Å². The molecular formula is C16H18N2O6. The number of hydrogen-bond donors (Lipinski definition) is 2. The minimum atomic E-state index is -1.28. The van der Waals surface area contributed by atoms with Crippen LogP contribution in [0.3, 0.4) is 0 Å². The second-order valence-electron chi connectivity index (χ2n) is 5.31. The van der Waals surface area contributed by atoms with Gasteiger partial charge in [-0.25, -0.2) is 14.4 Å². The van der Waals surface area contributed by atoms with Crippen LogP contribution in [-0.2, 0) is 23.8 Å². The van der Waals surface area contributed by atoms with Gasteiger partial charge in [0.25, 0.3) is 5.79 Å². The van der Waals surface area contributed by atoms with Gasteiger partial charge < -0.3 is 19.5 Å². The number of anilines is 2. The predicted octanol–water partition coefficient (Wildman–Crippen LogP) is 2.39. The van der Waals surface area contributed by atoms with E-state index in [1.54, 1.807) is 31.2 Å². The molecule has 0 aliphatic carbocycles.